The molecule has 3 aliphatic rings. The fourth-order valence-electron chi connectivity index (χ4n) is 2.81. The third-order valence-electron chi connectivity index (χ3n) is 3.38. The fourth-order valence-corrected chi connectivity index (χ4v) is 6.28. The molecule has 0 spiro atoms. The predicted molar refractivity (Wildman–Crippen MR) is 57.7 cm³/mol. The predicted octanol–water partition coefficient (Wildman–Crippen LogP) is 3.26. The van der Waals surface area contributed by atoms with E-state index in [1.807, 2.05) is 15.6 Å². The molecule has 67 valence electrons. The Morgan fingerprint density at radius 3 is 1.46 bits per heavy atom. The highest BCUT2D eigenvalue weighted by molar-refractivity contribution is 6.81. The maximum atomic E-state index is 2.55. The molecule has 0 aliphatic carbocycles. The molecule has 0 N–H and O–H groups in total. The van der Waals surface area contributed by atoms with E-state index in [0.29, 0.717) is 0 Å². The Morgan fingerprint density at radius 2 is 1.08 bits per heavy atom. The van der Waals surface area contributed by atoms with Crippen molar-refractivity contribution in [1.29, 1.82) is 0 Å². The van der Waals surface area contributed by atoms with Gasteiger partial charge in [0.05, 0.1) is 0 Å². The van der Waals surface area contributed by atoms with Gasteiger partial charge in [-0.2, -0.15) is 0 Å². The zero-order valence-electron chi connectivity index (χ0n) is 7.97. The summed E-state index contributed by atoms with van der Waals surface area (Å²) < 4.78 is 0. The second kappa shape index (κ2) is 2.98. The number of hydrogen-bond donors (Lipinski definition) is 0. The fraction of sp³-hybridized carbons (Fsp3) is 0.500. The molecule has 0 fully saturated rings. The third kappa shape index (κ3) is 1.18. The van der Waals surface area contributed by atoms with E-state index < -0.39 is 0 Å². The number of rotatable bonds is 0. The van der Waals surface area contributed by atoms with Crippen LogP contribution in [0.25, 0.3) is 0 Å². The van der Waals surface area contributed by atoms with Gasteiger partial charge in [0.15, 0.2) is 0 Å². The van der Waals surface area contributed by atoms with Gasteiger partial charge in [-0.3, -0.25) is 0 Å². The Balaban J connectivity index is 2.09. The minimum absolute atomic E-state index is 0.287. The summed E-state index contributed by atoms with van der Waals surface area (Å²) >= 11 is 0. The van der Waals surface area contributed by atoms with Crippen molar-refractivity contribution < 1.29 is 0 Å². The van der Waals surface area contributed by atoms with E-state index in [9.17, 15) is 0 Å². The van der Waals surface area contributed by atoms with E-state index in [2.05, 4.69) is 18.2 Å². The van der Waals surface area contributed by atoms with Crippen molar-refractivity contribution in [3.8, 4) is 0 Å². The molecule has 3 aliphatic heterocycles. The lowest BCUT2D eigenvalue weighted by Crippen LogP contribution is -2.31. The first kappa shape index (κ1) is 7.81. The largest absolute Gasteiger partial charge is 0.140 e. The maximum Gasteiger partial charge on any atom is 0.140 e. The third-order valence-corrected chi connectivity index (χ3v) is 6.67. The van der Waals surface area contributed by atoms with E-state index in [1.165, 1.54) is 38.5 Å². The minimum atomic E-state index is -0.287. The lowest BCUT2D eigenvalue weighted by Gasteiger charge is -2.34. The molecule has 0 aromatic rings. The van der Waals surface area contributed by atoms with Gasteiger partial charge in [-0.05, 0) is 38.5 Å². The van der Waals surface area contributed by atoms with Gasteiger partial charge in [-0.25, -0.2) is 0 Å². The molecule has 0 saturated heterocycles. The van der Waals surface area contributed by atoms with Crippen LogP contribution >= 0.6 is 0 Å². The van der Waals surface area contributed by atoms with Crippen LogP contribution in [-0.4, -0.2) is 8.80 Å². The molecule has 0 atom stereocenters. The minimum Gasteiger partial charge on any atom is -0.0884 e. The Labute approximate surface area is 81.6 Å². The molecule has 3 rings (SSSR count). The molecule has 0 unspecified atom stereocenters. The molecule has 13 heavy (non-hydrogen) atoms. The summed E-state index contributed by atoms with van der Waals surface area (Å²) in [5, 5.41) is 5.50. The average molecular weight is 187 g/mol. The van der Waals surface area contributed by atoms with E-state index in [4.69, 9.17) is 0 Å². The van der Waals surface area contributed by atoms with E-state index >= 15 is 0 Å². The average Bonchev–Trinajstić information content (AvgIpc) is 2.19. The molecule has 0 amide bonds. The monoisotopic (exact) mass is 187 g/mol. The lowest BCUT2D eigenvalue weighted by atomic mass is 10.1. The first-order valence-electron chi connectivity index (χ1n) is 5.40. The summed E-state index contributed by atoms with van der Waals surface area (Å²) in [6, 6.07) is 0. The van der Waals surface area contributed by atoms with Crippen molar-refractivity contribution in [3.63, 3.8) is 0 Å². The van der Waals surface area contributed by atoms with Crippen LogP contribution in [0.15, 0.2) is 33.8 Å². The number of hydrogen-bond acceptors (Lipinski definition) is 0. The zero-order valence-corrected chi connectivity index (χ0v) is 8.97. The van der Waals surface area contributed by atoms with Crippen molar-refractivity contribution in [1.82, 2.24) is 0 Å². The summed E-state index contributed by atoms with van der Waals surface area (Å²) in [5.74, 6) is 0. The molecule has 0 nitrogen and oxygen atoms in total. The van der Waals surface area contributed by atoms with Crippen LogP contribution in [-0.2, 0) is 0 Å². The van der Waals surface area contributed by atoms with Gasteiger partial charge in [0.1, 0.15) is 8.80 Å². The van der Waals surface area contributed by atoms with Gasteiger partial charge in [-0.15, -0.1) is 0 Å². The van der Waals surface area contributed by atoms with Gasteiger partial charge in [0.2, 0.25) is 0 Å². The van der Waals surface area contributed by atoms with Gasteiger partial charge < -0.3 is 0 Å². The van der Waals surface area contributed by atoms with Crippen molar-refractivity contribution in [3.05, 3.63) is 33.8 Å². The van der Waals surface area contributed by atoms with Gasteiger partial charge >= 0.3 is 0 Å². The van der Waals surface area contributed by atoms with Gasteiger partial charge in [-0.1, -0.05) is 33.8 Å². The molecule has 3 heterocycles. The molecular formula is C12H15Si. The summed E-state index contributed by atoms with van der Waals surface area (Å²) in [6.45, 7) is 0. The van der Waals surface area contributed by atoms with Crippen LogP contribution < -0.4 is 0 Å². The Morgan fingerprint density at radius 1 is 0.692 bits per heavy atom. The highest BCUT2D eigenvalue weighted by Crippen LogP contribution is 2.38. The smallest absolute Gasteiger partial charge is 0.0884 e. The quantitative estimate of drug-likeness (QED) is 0.511. The standard InChI is InChI=1S/C12H15Si/c1-4-10-6-2-8-12-9-3-7-11(5-1)13(10)12/h4,7-8H,1-3,5-6,9H2. The summed E-state index contributed by atoms with van der Waals surface area (Å²) in [5.41, 5.74) is 0. The van der Waals surface area contributed by atoms with E-state index in [-0.39, 0.29) is 8.80 Å². The van der Waals surface area contributed by atoms with Gasteiger partial charge in [0.25, 0.3) is 0 Å². The van der Waals surface area contributed by atoms with Crippen molar-refractivity contribution >= 4 is 8.80 Å². The molecule has 0 aromatic heterocycles. The maximum absolute atomic E-state index is 2.55. The second-order valence-electron chi connectivity index (χ2n) is 4.18. The van der Waals surface area contributed by atoms with Crippen molar-refractivity contribution in [2.45, 2.75) is 38.5 Å². The highest BCUT2D eigenvalue weighted by atomic mass is 28.3. The van der Waals surface area contributed by atoms with Crippen LogP contribution in [0.4, 0.5) is 0 Å². The normalized spacial score (nSPS) is 27.2. The van der Waals surface area contributed by atoms with E-state index in [1.54, 1.807) is 0 Å². The summed E-state index contributed by atoms with van der Waals surface area (Å²) in [7, 11) is -0.287. The molecule has 1 radical (unpaired) electrons. The Kier molecular flexibility index (Phi) is 1.79. The van der Waals surface area contributed by atoms with E-state index in [0.717, 1.165) is 0 Å². The topological polar surface area (TPSA) is 0 Å². The van der Waals surface area contributed by atoms with Crippen LogP contribution in [0.3, 0.4) is 0 Å². The molecule has 0 bridgehead atoms. The molecule has 0 aromatic carbocycles. The molecule has 1 heteroatoms. The second-order valence-corrected chi connectivity index (χ2v) is 6.86. The van der Waals surface area contributed by atoms with Gasteiger partial charge in [0, 0.05) is 0 Å². The van der Waals surface area contributed by atoms with Crippen LogP contribution in [0.2, 0.25) is 0 Å². The lowest BCUT2D eigenvalue weighted by molar-refractivity contribution is 0.875. The highest BCUT2D eigenvalue weighted by Gasteiger charge is 2.31. The van der Waals surface area contributed by atoms with Crippen LogP contribution in [0.5, 0.6) is 0 Å². The zero-order chi connectivity index (χ0) is 8.67. The first-order valence-corrected chi connectivity index (χ1v) is 6.90. The molecular weight excluding hydrogens is 172 g/mol. The van der Waals surface area contributed by atoms with Crippen molar-refractivity contribution in [2.75, 3.05) is 0 Å². The first-order chi connectivity index (χ1) is 6.45. The summed E-state index contributed by atoms with van der Waals surface area (Å²) in [4.78, 5) is 0. The Bertz CT molecular complexity index is 268. The molecule has 0 saturated carbocycles. The van der Waals surface area contributed by atoms with Crippen LogP contribution in [0, 0.1) is 0 Å². The van der Waals surface area contributed by atoms with Crippen LogP contribution in [0.1, 0.15) is 38.5 Å². The number of allylic oxidation sites excluding steroid dienone is 6. The summed E-state index contributed by atoms with van der Waals surface area (Å²) in [6.07, 6.45) is 15.7. The Hall–Kier alpha value is -0.563. The van der Waals surface area contributed by atoms with Crippen molar-refractivity contribution in [2.24, 2.45) is 0 Å². The SMILES string of the molecule is C1=C2CCC=C3CCC=C(CC1)[Si]23.